The number of aromatic nitrogens is 2. The van der Waals surface area contributed by atoms with E-state index in [1.807, 2.05) is 29.1 Å². The van der Waals surface area contributed by atoms with Gasteiger partial charge in [-0.1, -0.05) is 11.6 Å². The van der Waals surface area contributed by atoms with E-state index in [9.17, 15) is 0 Å². The summed E-state index contributed by atoms with van der Waals surface area (Å²) in [5.41, 5.74) is 2.36. The summed E-state index contributed by atoms with van der Waals surface area (Å²) in [7, 11) is 0. The molecule has 1 aromatic carbocycles. The molecule has 1 N–H and O–H groups in total. The standard InChI is InChI=1S/C14H16ClN3O/c15-13-8-11-2-7-19-14(11)12(9-13)10-16-4-6-18-5-1-3-17-18/h1,3,5,8-9,16H,2,4,6-7,10H2. The van der Waals surface area contributed by atoms with Gasteiger partial charge in [-0.2, -0.15) is 5.10 Å². The zero-order valence-electron chi connectivity index (χ0n) is 10.6. The molecular formula is C14H16ClN3O. The lowest BCUT2D eigenvalue weighted by Crippen LogP contribution is -2.20. The molecule has 0 aliphatic carbocycles. The predicted molar refractivity (Wildman–Crippen MR) is 74.6 cm³/mol. The highest BCUT2D eigenvalue weighted by Crippen LogP contribution is 2.32. The van der Waals surface area contributed by atoms with E-state index in [1.54, 1.807) is 6.20 Å². The van der Waals surface area contributed by atoms with Gasteiger partial charge in [0.15, 0.2) is 0 Å². The van der Waals surface area contributed by atoms with Gasteiger partial charge in [-0.15, -0.1) is 0 Å². The summed E-state index contributed by atoms with van der Waals surface area (Å²) in [6.07, 6.45) is 4.70. The van der Waals surface area contributed by atoms with Gasteiger partial charge in [0.2, 0.25) is 0 Å². The third-order valence-electron chi connectivity index (χ3n) is 3.22. The maximum atomic E-state index is 6.13. The second-order valence-corrected chi connectivity index (χ2v) is 5.03. The number of ether oxygens (including phenoxy) is 1. The molecule has 0 fully saturated rings. The van der Waals surface area contributed by atoms with Gasteiger partial charge >= 0.3 is 0 Å². The van der Waals surface area contributed by atoms with Crippen molar-refractivity contribution in [1.82, 2.24) is 15.1 Å². The van der Waals surface area contributed by atoms with Crippen LogP contribution >= 0.6 is 11.6 Å². The van der Waals surface area contributed by atoms with Crippen LogP contribution in [0, 0.1) is 0 Å². The average Bonchev–Trinajstić information content (AvgIpc) is 3.04. The molecule has 4 nitrogen and oxygen atoms in total. The zero-order valence-corrected chi connectivity index (χ0v) is 11.4. The Morgan fingerprint density at radius 3 is 3.21 bits per heavy atom. The first-order chi connectivity index (χ1) is 9.33. The molecule has 2 heterocycles. The van der Waals surface area contributed by atoms with Crippen molar-refractivity contribution < 1.29 is 4.74 Å². The Morgan fingerprint density at radius 1 is 1.42 bits per heavy atom. The smallest absolute Gasteiger partial charge is 0.127 e. The van der Waals surface area contributed by atoms with E-state index >= 15 is 0 Å². The molecule has 1 aromatic heterocycles. The third kappa shape index (κ3) is 2.91. The van der Waals surface area contributed by atoms with Crippen LogP contribution < -0.4 is 10.1 Å². The molecular weight excluding hydrogens is 262 g/mol. The lowest BCUT2D eigenvalue weighted by Gasteiger charge is -2.10. The lowest BCUT2D eigenvalue weighted by atomic mass is 10.1. The van der Waals surface area contributed by atoms with Gasteiger partial charge < -0.3 is 10.1 Å². The van der Waals surface area contributed by atoms with Crippen molar-refractivity contribution in [2.45, 2.75) is 19.5 Å². The molecule has 100 valence electrons. The Balaban J connectivity index is 1.58. The van der Waals surface area contributed by atoms with E-state index in [4.69, 9.17) is 16.3 Å². The van der Waals surface area contributed by atoms with Crippen LogP contribution in [0.2, 0.25) is 5.02 Å². The van der Waals surface area contributed by atoms with E-state index in [-0.39, 0.29) is 0 Å². The SMILES string of the molecule is Clc1cc2c(c(CNCCn3cccn3)c1)OCC2. The number of nitrogens with one attached hydrogen (secondary N) is 1. The predicted octanol–water partition coefficient (Wildman–Crippen LogP) is 2.26. The first-order valence-electron chi connectivity index (χ1n) is 6.45. The first kappa shape index (κ1) is 12.5. The van der Waals surface area contributed by atoms with Gasteiger partial charge in [-0.05, 0) is 23.8 Å². The Bertz CT molecular complexity index is 554. The molecule has 0 bridgehead atoms. The summed E-state index contributed by atoms with van der Waals surface area (Å²) in [5, 5.41) is 8.35. The maximum Gasteiger partial charge on any atom is 0.127 e. The second kappa shape index (κ2) is 5.63. The molecule has 2 aromatic rings. The van der Waals surface area contributed by atoms with Gasteiger partial charge in [0.05, 0.1) is 13.2 Å². The van der Waals surface area contributed by atoms with Crippen molar-refractivity contribution in [3.05, 3.63) is 46.7 Å². The van der Waals surface area contributed by atoms with Crippen LogP contribution in [0.15, 0.2) is 30.6 Å². The topological polar surface area (TPSA) is 39.1 Å². The fourth-order valence-electron chi connectivity index (χ4n) is 2.33. The Hall–Kier alpha value is -1.52. The fourth-order valence-corrected chi connectivity index (χ4v) is 2.59. The molecule has 0 spiro atoms. The molecule has 1 aliphatic heterocycles. The fraction of sp³-hybridized carbons (Fsp3) is 0.357. The molecule has 19 heavy (non-hydrogen) atoms. The Kier molecular flexibility index (Phi) is 3.71. The van der Waals surface area contributed by atoms with Crippen molar-refractivity contribution in [2.75, 3.05) is 13.2 Å². The Morgan fingerprint density at radius 2 is 2.37 bits per heavy atom. The second-order valence-electron chi connectivity index (χ2n) is 4.60. The van der Waals surface area contributed by atoms with Crippen molar-refractivity contribution >= 4 is 11.6 Å². The number of halogens is 1. The van der Waals surface area contributed by atoms with Gasteiger partial charge in [0.1, 0.15) is 5.75 Å². The van der Waals surface area contributed by atoms with Gasteiger partial charge in [0, 0.05) is 42.5 Å². The summed E-state index contributed by atoms with van der Waals surface area (Å²) in [6.45, 7) is 3.25. The van der Waals surface area contributed by atoms with Crippen LogP contribution in [0.25, 0.3) is 0 Å². The van der Waals surface area contributed by atoms with Crippen molar-refractivity contribution in [3.8, 4) is 5.75 Å². The molecule has 0 saturated carbocycles. The largest absolute Gasteiger partial charge is 0.493 e. The van der Waals surface area contributed by atoms with Gasteiger partial charge in [-0.3, -0.25) is 4.68 Å². The highest BCUT2D eigenvalue weighted by molar-refractivity contribution is 6.30. The number of fused-ring (bicyclic) bond motifs is 1. The Labute approximate surface area is 117 Å². The molecule has 0 radical (unpaired) electrons. The first-order valence-corrected chi connectivity index (χ1v) is 6.83. The number of nitrogens with zero attached hydrogens (tertiary/aromatic N) is 2. The molecule has 0 saturated heterocycles. The molecule has 0 amide bonds. The number of hydrogen-bond acceptors (Lipinski definition) is 3. The average molecular weight is 278 g/mol. The van der Waals surface area contributed by atoms with Crippen LogP contribution in [-0.4, -0.2) is 22.9 Å². The van der Waals surface area contributed by atoms with Crippen molar-refractivity contribution in [2.24, 2.45) is 0 Å². The summed E-state index contributed by atoms with van der Waals surface area (Å²) in [4.78, 5) is 0. The monoisotopic (exact) mass is 277 g/mol. The van der Waals surface area contributed by atoms with E-state index in [2.05, 4.69) is 10.4 Å². The van der Waals surface area contributed by atoms with Crippen molar-refractivity contribution in [1.29, 1.82) is 0 Å². The normalized spacial score (nSPS) is 13.3. The van der Waals surface area contributed by atoms with Gasteiger partial charge in [-0.25, -0.2) is 0 Å². The van der Waals surface area contributed by atoms with Crippen LogP contribution in [0.4, 0.5) is 0 Å². The summed E-state index contributed by atoms with van der Waals surface area (Å²) in [6, 6.07) is 5.90. The van der Waals surface area contributed by atoms with E-state index in [0.29, 0.717) is 0 Å². The van der Waals surface area contributed by atoms with Gasteiger partial charge in [0.25, 0.3) is 0 Å². The highest BCUT2D eigenvalue weighted by Gasteiger charge is 2.17. The maximum absolute atomic E-state index is 6.13. The lowest BCUT2D eigenvalue weighted by molar-refractivity contribution is 0.352. The quantitative estimate of drug-likeness (QED) is 0.852. The summed E-state index contributed by atoms with van der Waals surface area (Å²) in [5.74, 6) is 1.01. The minimum absolute atomic E-state index is 0.760. The van der Waals surface area contributed by atoms with E-state index in [1.165, 1.54) is 5.56 Å². The third-order valence-corrected chi connectivity index (χ3v) is 3.44. The zero-order chi connectivity index (χ0) is 13.1. The minimum Gasteiger partial charge on any atom is -0.493 e. The number of benzene rings is 1. The molecule has 0 atom stereocenters. The van der Waals surface area contributed by atoms with Crippen LogP contribution in [-0.2, 0) is 19.5 Å². The van der Waals surface area contributed by atoms with Crippen LogP contribution in [0.3, 0.4) is 0 Å². The van der Waals surface area contributed by atoms with Crippen LogP contribution in [0.5, 0.6) is 5.75 Å². The van der Waals surface area contributed by atoms with Crippen LogP contribution in [0.1, 0.15) is 11.1 Å². The summed E-state index contributed by atoms with van der Waals surface area (Å²) >= 11 is 6.13. The molecule has 3 rings (SSSR count). The number of rotatable bonds is 5. The van der Waals surface area contributed by atoms with E-state index < -0.39 is 0 Å². The minimum atomic E-state index is 0.760. The van der Waals surface area contributed by atoms with Crippen molar-refractivity contribution in [3.63, 3.8) is 0 Å². The highest BCUT2D eigenvalue weighted by atomic mass is 35.5. The molecule has 5 heteroatoms. The van der Waals surface area contributed by atoms with E-state index in [0.717, 1.165) is 49.0 Å². The number of hydrogen-bond donors (Lipinski definition) is 1. The summed E-state index contributed by atoms with van der Waals surface area (Å²) < 4.78 is 7.58. The molecule has 1 aliphatic rings. The molecule has 0 unspecified atom stereocenters.